The Morgan fingerprint density at radius 1 is 1.25 bits per heavy atom. The summed E-state index contributed by atoms with van der Waals surface area (Å²) in [5, 5.41) is 4.79. The third-order valence-corrected chi connectivity index (χ3v) is 4.41. The van der Waals surface area contributed by atoms with Gasteiger partial charge < -0.3 is 14.8 Å². The van der Waals surface area contributed by atoms with E-state index in [9.17, 15) is 0 Å². The highest BCUT2D eigenvalue weighted by molar-refractivity contribution is 7.19. The van der Waals surface area contributed by atoms with Gasteiger partial charge in [0.15, 0.2) is 0 Å². The summed E-state index contributed by atoms with van der Waals surface area (Å²) in [7, 11) is 3.45. The van der Waals surface area contributed by atoms with Gasteiger partial charge in [0.25, 0.3) is 0 Å². The van der Waals surface area contributed by atoms with Gasteiger partial charge in [0, 0.05) is 28.8 Å². The predicted octanol–water partition coefficient (Wildman–Crippen LogP) is 3.80. The summed E-state index contributed by atoms with van der Waals surface area (Å²) in [6.45, 7) is 7.03. The summed E-state index contributed by atoms with van der Waals surface area (Å²) in [5.41, 5.74) is 1.30. The van der Waals surface area contributed by atoms with E-state index in [0.29, 0.717) is 12.5 Å². The van der Waals surface area contributed by atoms with Crippen molar-refractivity contribution in [3.63, 3.8) is 0 Å². The van der Waals surface area contributed by atoms with Crippen molar-refractivity contribution in [1.82, 2.24) is 5.32 Å². The highest BCUT2D eigenvalue weighted by atomic mass is 32.1. The van der Waals surface area contributed by atoms with E-state index in [1.807, 2.05) is 17.4 Å². The Morgan fingerprint density at radius 3 is 2.70 bits per heavy atom. The molecule has 110 valence electrons. The maximum atomic E-state index is 5.37. The summed E-state index contributed by atoms with van der Waals surface area (Å²) in [6, 6.07) is 6.25. The number of methoxy groups -OCH3 is 2. The Morgan fingerprint density at radius 2 is 2.05 bits per heavy atom. The van der Waals surface area contributed by atoms with Gasteiger partial charge >= 0.3 is 0 Å². The minimum atomic E-state index is 0.658. The summed E-state index contributed by atoms with van der Waals surface area (Å²) in [6.07, 6.45) is 0. The molecule has 0 fully saturated rings. The predicted molar refractivity (Wildman–Crippen MR) is 85.6 cm³/mol. The first-order valence-electron chi connectivity index (χ1n) is 6.93. The number of benzene rings is 1. The maximum Gasteiger partial charge on any atom is 0.120 e. The van der Waals surface area contributed by atoms with Crippen molar-refractivity contribution in [2.45, 2.75) is 27.0 Å². The van der Waals surface area contributed by atoms with Crippen LogP contribution in [0.2, 0.25) is 0 Å². The van der Waals surface area contributed by atoms with Gasteiger partial charge in [0.05, 0.1) is 13.7 Å². The average Bonchev–Trinajstić information content (AvgIpc) is 2.76. The molecule has 0 aliphatic heterocycles. The SMILES string of the molecule is COCc1c(CNCC(C)C)sc2cc(OC)ccc12. The number of hydrogen-bond acceptors (Lipinski definition) is 4. The molecule has 3 nitrogen and oxygen atoms in total. The van der Waals surface area contributed by atoms with Crippen LogP contribution in [-0.4, -0.2) is 20.8 Å². The lowest BCUT2D eigenvalue weighted by Gasteiger charge is -2.08. The normalized spacial score (nSPS) is 11.4. The molecule has 1 heterocycles. The van der Waals surface area contributed by atoms with Crippen LogP contribution in [0.5, 0.6) is 5.75 Å². The van der Waals surface area contributed by atoms with Gasteiger partial charge in [0.1, 0.15) is 5.75 Å². The fraction of sp³-hybridized carbons (Fsp3) is 0.500. The minimum Gasteiger partial charge on any atom is -0.497 e. The summed E-state index contributed by atoms with van der Waals surface area (Å²) < 4.78 is 11.9. The van der Waals surface area contributed by atoms with Gasteiger partial charge in [-0.05, 0) is 36.0 Å². The molecule has 0 saturated carbocycles. The zero-order chi connectivity index (χ0) is 14.5. The second-order valence-electron chi connectivity index (χ2n) is 5.32. The highest BCUT2D eigenvalue weighted by Crippen LogP contribution is 2.34. The molecule has 1 N–H and O–H groups in total. The Bertz CT molecular complexity index is 563. The standard InChI is InChI=1S/C16H23NO2S/c1-11(2)8-17-9-16-14(10-18-3)13-6-5-12(19-4)7-15(13)20-16/h5-7,11,17H,8-10H2,1-4H3. The van der Waals surface area contributed by atoms with Crippen molar-refractivity contribution in [2.75, 3.05) is 20.8 Å². The van der Waals surface area contributed by atoms with E-state index in [4.69, 9.17) is 9.47 Å². The number of ether oxygens (including phenoxy) is 2. The van der Waals surface area contributed by atoms with Gasteiger partial charge in [-0.1, -0.05) is 13.8 Å². The first-order chi connectivity index (χ1) is 9.65. The van der Waals surface area contributed by atoms with Gasteiger partial charge in [-0.3, -0.25) is 0 Å². The molecule has 1 aromatic carbocycles. The second kappa shape index (κ2) is 7.07. The molecule has 0 amide bonds. The zero-order valence-corrected chi connectivity index (χ0v) is 13.5. The van der Waals surface area contributed by atoms with Crippen molar-refractivity contribution in [2.24, 2.45) is 5.92 Å². The van der Waals surface area contributed by atoms with Crippen LogP contribution >= 0.6 is 11.3 Å². The lowest BCUT2D eigenvalue weighted by molar-refractivity contribution is 0.185. The van der Waals surface area contributed by atoms with Gasteiger partial charge in [-0.15, -0.1) is 11.3 Å². The van der Waals surface area contributed by atoms with E-state index in [1.165, 1.54) is 20.5 Å². The smallest absolute Gasteiger partial charge is 0.120 e. The quantitative estimate of drug-likeness (QED) is 0.842. The van der Waals surface area contributed by atoms with E-state index in [0.717, 1.165) is 18.8 Å². The molecular weight excluding hydrogens is 270 g/mol. The van der Waals surface area contributed by atoms with Crippen LogP contribution in [0.3, 0.4) is 0 Å². The number of fused-ring (bicyclic) bond motifs is 1. The lowest BCUT2D eigenvalue weighted by Crippen LogP contribution is -2.19. The van der Waals surface area contributed by atoms with Crippen molar-refractivity contribution in [1.29, 1.82) is 0 Å². The third-order valence-electron chi connectivity index (χ3n) is 3.21. The third kappa shape index (κ3) is 3.51. The summed E-state index contributed by atoms with van der Waals surface area (Å²) >= 11 is 1.82. The molecular formula is C16H23NO2S. The Kier molecular flexibility index (Phi) is 5.40. The molecule has 0 radical (unpaired) electrons. The Balaban J connectivity index is 2.29. The number of thiophene rings is 1. The van der Waals surface area contributed by atoms with Gasteiger partial charge in [-0.25, -0.2) is 0 Å². The van der Waals surface area contributed by atoms with E-state index in [2.05, 4.69) is 31.3 Å². The summed E-state index contributed by atoms with van der Waals surface area (Å²) in [4.78, 5) is 1.36. The van der Waals surface area contributed by atoms with Crippen LogP contribution in [0.4, 0.5) is 0 Å². The van der Waals surface area contributed by atoms with Crippen molar-refractivity contribution < 1.29 is 9.47 Å². The Hall–Kier alpha value is -1.10. The molecule has 2 rings (SSSR count). The fourth-order valence-corrected chi connectivity index (χ4v) is 3.44. The van der Waals surface area contributed by atoms with Gasteiger partial charge in [-0.2, -0.15) is 0 Å². The monoisotopic (exact) mass is 293 g/mol. The Labute approximate surface area is 124 Å². The topological polar surface area (TPSA) is 30.5 Å². The number of hydrogen-bond donors (Lipinski definition) is 1. The van der Waals surface area contributed by atoms with E-state index >= 15 is 0 Å². The number of nitrogens with one attached hydrogen (secondary N) is 1. The van der Waals surface area contributed by atoms with E-state index in [-0.39, 0.29) is 0 Å². The molecule has 0 unspecified atom stereocenters. The molecule has 4 heteroatoms. The minimum absolute atomic E-state index is 0.658. The summed E-state index contributed by atoms with van der Waals surface area (Å²) in [5.74, 6) is 1.57. The first-order valence-corrected chi connectivity index (χ1v) is 7.75. The van der Waals surface area contributed by atoms with Crippen LogP contribution in [0.1, 0.15) is 24.3 Å². The van der Waals surface area contributed by atoms with Gasteiger partial charge in [0.2, 0.25) is 0 Å². The molecule has 0 saturated heterocycles. The van der Waals surface area contributed by atoms with E-state index < -0.39 is 0 Å². The molecule has 0 bridgehead atoms. The molecule has 2 aromatic rings. The molecule has 1 aromatic heterocycles. The molecule has 0 aliphatic rings. The first kappa shape index (κ1) is 15.3. The molecule has 0 atom stereocenters. The van der Waals surface area contributed by atoms with Crippen LogP contribution in [0.15, 0.2) is 18.2 Å². The second-order valence-corrected chi connectivity index (χ2v) is 6.46. The van der Waals surface area contributed by atoms with Crippen molar-refractivity contribution in [3.8, 4) is 5.75 Å². The zero-order valence-electron chi connectivity index (χ0n) is 12.7. The van der Waals surface area contributed by atoms with Crippen LogP contribution in [-0.2, 0) is 17.9 Å². The van der Waals surface area contributed by atoms with Crippen LogP contribution in [0.25, 0.3) is 10.1 Å². The fourth-order valence-electron chi connectivity index (χ4n) is 2.23. The molecule has 0 aliphatic carbocycles. The lowest BCUT2D eigenvalue weighted by atomic mass is 10.1. The molecule has 20 heavy (non-hydrogen) atoms. The molecule has 0 spiro atoms. The number of rotatable bonds is 7. The van der Waals surface area contributed by atoms with Crippen LogP contribution in [0, 0.1) is 5.92 Å². The van der Waals surface area contributed by atoms with Crippen molar-refractivity contribution in [3.05, 3.63) is 28.6 Å². The maximum absolute atomic E-state index is 5.37. The highest BCUT2D eigenvalue weighted by Gasteiger charge is 2.12. The van der Waals surface area contributed by atoms with Crippen molar-refractivity contribution >= 4 is 21.4 Å². The van der Waals surface area contributed by atoms with Crippen LogP contribution < -0.4 is 10.1 Å². The van der Waals surface area contributed by atoms with E-state index in [1.54, 1.807) is 14.2 Å². The largest absolute Gasteiger partial charge is 0.497 e. The average molecular weight is 293 g/mol.